The van der Waals surface area contributed by atoms with Crippen molar-refractivity contribution in [2.45, 2.75) is 44.1 Å². The van der Waals surface area contributed by atoms with Gasteiger partial charge in [-0.3, -0.25) is 4.57 Å². The van der Waals surface area contributed by atoms with Crippen LogP contribution in [0.5, 0.6) is 0 Å². The van der Waals surface area contributed by atoms with Gasteiger partial charge >= 0.3 is 0 Å². The largest absolute Gasteiger partial charge is 0.299 e. The van der Waals surface area contributed by atoms with Crippen molar-refractivity contribution in [3.05, 3.63) is 52.0 Å². The summed E-state index contributed by atoms with van der Waals surface area (Å²) in [5.41, 5.74) is 1.79. The van der Waals surface area contributed by atoms with Gasteiger partial charge in [-0.1, -0.05) is 36.9 Å². The lowest BCUT2D eigenvalue weighted by atomic mass is 10.2. The first kappa shape index (κ1) is 17.2. The Kier molecular flexibility index (Phi) is 5.36. The zero-order chi connectivity index (χ0) is 17.1. The second-order valence-corrected chi connectivity index (χ2v) is 7.74. The Morgan fingerprint density at radius 2 is 2.04 bits per heavy atom. The Bertz CT molecular complexity index is 823. The molecule has 0 saturated heterocycles. The highest BCUT2D eigenvalue weighted by Gasteiger charge is 2.18. The van der Waals surface area contributed by atoms with Crippen LogP contribution in [0.25, 0.3) is 11.4 Å². The van der Waals surface area contributed by atoms with Crippen molar-refractivity contribution in [2.24, 2.45) is 0 Å². The van der Waals surface area contributed by atoms with Crippen molar-refractivity contribution in [1.29, 1.82) is 0 Å². The number of hydrogen-bond donors (Lipinski definition) is 0. The molecule has 3 nitrogen and oxygen atoms in total. The van der Waals surface area contributed by atoms with Crippen LogP contribution in [0, 0.1) is 5.82 Å². The van der Waals surface area contributed by atoms with Gasteiger partial charge in [-0.25, -0.2) is 4.39 Å². The van der Waals surface area contributed by atoms with Crippen LogP contribution in [0.3, 0.4) is 0 Å². The molecule has 24 heavy (non-hydrogen) atoms. The summed E-state index contributed by atoms with van der Waals surface area (Å²) in [6.45, 7) is 6.39. The lowest BCUT2D eigenvalue weighted by molar-refractivity contribution is 0.555. The summed E-state index contributed by atoms with van der Waals surface area (Å²) in [6.07, 6.45) is 1.02. The molecule has 0 spiro atoms. The Balaban J connectivity index is 1.87. The normalized spacial score (nSPS) is 11.4. The third-order valence-electron chi connectivity index (χ3n) is 3.76. The molecule has 0 aliphatic rings. The third-order valence-corrected chi connectivity index (χ3v) is 5.83. The quantitative estimate of drug-likeness (QED) is 0.537. The lowest BCUT2D eigenvalue weighted by Crippen LogP contribution is -2.05. The molecular formula is C18H20FN3S2. The number of thiophene rings is 1. The Labute approximate surface area is 149 Å². The van der Waals surface area contributed by atoms with Crippen molar-refractivity contribution in [3.63, 3.8) is 0 Å². The van der Waals surface area contributed by atoms with Gasteiger partial charge in [0.1, 0.15) is 5.82 Å². The van der Waals surface area contributed by atoms with E-state index >= 15 is 0 Å². The van der Waals surface area contributed by atoms with Crippen LogP contribution in [-0.4, -0.2) is 14.8 Å². The molecule has 2 heterocycles. The van der Waals surface area contributed by atoms with Gasteiger partial charge in [-0.15, -0.1) is 21.5 Å². The van der Waals surface area contributed by atoms with Crippen molar-refractivity contribution in [1.82, 2.24) is 14.8 Å². The molecule has 2 aromatic heterocycles. The standard InChI is InChI=1S/C18H20FN3S2/c1-4-15-9-14(11-23-15)17-20-21-18(22(17)12(2)3)24-10-13-7-5-6-8-16(13)19/h5-9,11-12H,4,10H2,1-3H3. The minimum atomic E-state index is -0.175. The first-order valence-electron chi connectivity index (χ1n) is 7.99. The van der Waals surface area contributed by atoms with Gasteiger partial charge in [0.25, 0.3) is 0 Å². The van der Waals surface area contributed by atoms with Crippen LogP contribution >= 0.6 is 23.1 Å². The SMILES string of the molecule is CCc1cc(-c2nnc(SCc3ccccc3F)n2C(C)C)cs1. The fraction of sp³-hybridized carbons (Fsp3) is 0.333. The third kappa shape index (κ3) is 3.54. The molecule has 0 amide bonds. The van der Waals surface area contributed by atoms with Gasteiger partial charge < -0.3 is 0 Å². The molecule has 0 aliphatic heterocycles. The van der Waals surface area contributed by atoms with Crippen molar-refractivity contribution < 1.29 is 4.39 Å². The van der Waals surface area contributed by atoms with E-state index in [1.54, 1.807) is 17.4 Å². The van der Waals surface area contributed by atoms with E-state index in [0.29, 0.717) is 11.3 Å². The van der Waals surface area contributed by atoms with Crippen molar-refractivity contribution in [2.75, 3.05) is 0 Å². The minimum Gasteiger partial charge on any atom is -0.299 e. The average Bonchev–Trinajstić information content (AvgIpc) is 3.20. The predicted molar refractivity (Wildman–Crippen MR) is 99.1 cm³/mol. The smallest absolute Gasteiger partial charge is 0.192 e. The summed E-state index contributed by atoms with van der Waals surface area (Å²) in [5.74, 6) is 1.25. The monoisotopic (exact) mass is 361 g/mol. The topological polar surface area (TPSA) is 30.7 Å². The second-order valence-electron chi connectivity index (χ2n) is 5.81. The van der Waals surface area contributed by atoms with Gasteiger partial charge in [-0.05, 0) is 38.0 Å². The maximum Gasteiger partial charge on any atom is 0.192 e. The van der Waals surface area contributed by atoms with Gasteiger partial charge in [0, 0.05) is 27.6 Å². The summed E-state index contributed by atoms with van der Waals surface area (Å²) in [4.78, 5) is 1.34. The van der Waals surface area contributed by atoms with E-state index < -0.39 is 0 Å². The van der Waals surface area contributed by atoms with Crippen LogP contribution in [0.4, 0.5) is 4.39 Å². The van der Waals surface area contributed by atoms with Gasteiger partial charge in [0.2, 0.25) is 0 Å². The zero-order valence-corrected chi connectivity index (χ0v) is 15.6. The van der Waals surface area contributed by atoms with Gasteiger partial charge in [0.15, 0.2) is 11.0 Å². The van der Waals surface area contributed by atoms with E-state index in [-0.39, 0.29) is 11.9 Å². The van der Waals surface area contributed by atoms with Crippen molar-refractivity contribution in [3.8, 4) is 11.4 Å². The van der Waals surface area contributed by atoms with E-state index in [1.165, 1.54) is 22.7 Å². The van der Waals surface area contributed by atoms with Crippen LogP contribution in [0.2, 0.25) is 0 Å². The molecule has 6 heteroatoms. The average molecular weight is 362 g/mol. The van der Waals surface area contributed by atoms with Crippen LogP contribution < -0.4 is 0 Å². The number of aryl methyl sites for hydroxylation is 1. The highest BCUT2D eigenvalue weighted by Crippen LogP contribution is 2.32. The maximum absolute atomic E-state index is 13.8. The van der Waals surface area contributed by atoms with E-state index in [0.717, 1.165) is 23.0 Å². The lowest BCUT2D eigenvalue weighted by Gasteiger charge is -2.13. The predicted octanol–water partition coefficient (Wildman–Crippen LogP) is 5.58. The molecule has 0 aliphatic carbocycles. The molecule has 3 aromatic rings. The first-order valence-corrected chi connectivity index (χ1v) is 9.85. The number of halogens is 1. The Morgan fingerprint density at radius 3 is 2.71 bits per heavy atom. The minimum absolute atomic E-state index is 0.175. The molecule has 0 N–H and O–H groups in total. The van der Waals surface area contributed by atoms with Gasteiger partial charge in [-0.2, -0.15) is 0 Å². The molecule has 0 saturated carbocycles. The second kappa shape index (κ2) is 7.49. The number of benzene rings is 1. The zero-order valence-electron chi connectivity index (χ0n) is 14.0. The fourth-order valence-electron chi connectivity index (χ4n) is 2.48. The first-order chi connectivity index (χ1) is 11.6. The summed E-state index contributed by atoms with van der Waals surface area (Å²) < 4.78 is 15.9. The molecule has 0 fully saturated rings. The summed E-state index contributed by atoms with van der Waals surface area (Å²) in [5, 5.41) is 11.7. The van der Waals surface area contributed by atoms with Gasteiger partial charge in [0.05, 0.1) is 0 Å². The highest BCUT2D eigenvalue weighted by molar-refractivity contribution is 7.98. The number of aromatic nitrogens is 3. The molecular weight excluding hydrogens is 341 g/mol. The summed E-state index contributed by atoms with van der Waals surface area (Å²) in [6, 6.07) is 9.29. The number of rotatable bonds is 6. The summed E-state index contributed by atoms with van der Waals surface area (Å²) >= 11 is 3.27. The molecule has 3 rings (SSSR count). The maximum atomic E-state index is 13.8. The number of thioether (sulfide) groups is 1. The summed E-state index contributed by atoms with van der Waals surface area (Å²) in [7, 11) is 0. The molecule has 0 radical (unpaired) electrons. The molecule has 0 bridgehead atoms. The Hall–Kier alpha value is -1.66. The highest BCUT2D eigenvalue weighted by atomic mass is 32.2. The number of hydrogen-bond acceptors (Lipinski definition) is 4. The molecule has 1 aromatic carbocycles. The van der Waals surface area contributed by atoms with Crippen LogP contribution in [0.1, 0.15) is 37.3 Å². The molecule has 0 atom stereocenters. The number of nitrogens with zero attached hydrogens (tertiary/aromatic N) is 3. The van der Waals surface area contributed by atoms with Crippen LogP contribution in [-0.2, 0) is 12.2 Å². The Morgan fingerprint density at radius 1 is 1.25 bits per heavy atom. The van der Waals surface area contributed by atoms with E-state index in [1.807, 2.05) is 12.1 Å². The van der Waals surface area contributed by atoms with E-state index in [2.05, 4.69) is 47.0 Å². The van der Waals surface area contributed by atoms with E-state index in [9.17, 15) is 4.39 Å². The van der Waals surface area contributed by atoms with E-state index in [4.69, 9.17) is 0 Å². The molecule has 126 valence electrons. The molecule has 0 unspecified atom stereocenters. The fourth-order valence-corrected chi connectivity index (χ4v) is 4.35. The van der Waals surface area contributed by atoms with Crippen LogP contribution in [0.15, 0.2) is 40.9 Å². The van der Waals surface area contributed by atoms with Crippen molar-refractivity contribution >= 4 is 23.1 Å².